The number of halogens is 3. The molecule has 1 aromatic rings. The van der Waals surface area contributed by atoms with Gasteiger partial charge in [-0.15, -0.1) is 0 Å². The van der Waals surface area contributed by atoms with Crippen LogP contribution >= 0.6 is 0 Å². The monoisotopic (exact) mass is 289 g/mol. The van der Waals surface area contributed by atoms with Gasteiger partial charge in [0.1, 0.15) is 0 Å². The fraction of sp³-hybridized carbons (Fsp3) is 0.333. The van der Waals surface area contributed by atoms with E-state index in [1.165, 1.54) is 25.1 Å². The van der Waals surface area contributed by atoms with E-state index in [0.717, 1.165) is 0 Å². The number of anilines is 2. The lowest BCUT2D eigenvalue weighted by molar-refractivity contribution is -0.167. The van der Waals surface area contributed by atoms with E-state index in [1.54, 1.807) is 5.32 Å². The van der Waals surface area contributed by atoms with E-state index in [-0.39, 0.29) is 24.6 Å². The highest BCUT2D eigenvalue weighted by atomic mass is 19.4. The van der Waals surface area contributed by atoms with Crippen LogP contribution in [0, 0.1) is 6.92 Å². The highest BCUT2D eigenvalue weighted by molar-refractivity contribution is 5.96. The number of carbonyl (C=O) groups is 2. The third-order valence-corrected chi connectivity index (χ3v) is 2.39. The van der Waals surface area contributed by atoms with Crippen molar-refractivity contribution in [2.24, 2.45) is 5.73 Å². The summed E-state index contributed by atoms with van der Waals surface area (Å²) in [6, 6.07) is 4.14. The van der Waals surface area contributed by atoms with Crippen molar-refractivity contribution >= 4 is 23.2 Å². The summed E-state index contributed by atoms with van der Waals surface area (Å²) in [6.07, 6.45) is -4.80. The Morgan fingerprint density at radius 2 is 1.90 bits per heavy atom. The number of aryl methyl sites for hydroxylation is 1. The van der Waals surface area contributed by atoms with E-state index < -0.39 is 12.1 Å². The standard InChI is InChI=1S/C12H14F3N3O2/c1-7-6-8(17-10(19)4-5-16)2-3-9(7)18-11(20)12(13,14)15/h2-3,6H,4-5,16H2,1H3,(H,17,19)(H,18,20). The molecule has 0 fully saturated rings. The summed E-state index contributed by atoms with van der Waals surface area (Å²) >= 11 is 0. The van der Waals surface area contributed by atoms with Crippen molar-refractivity contribution in [1.29, 1.82) is 0 Å². The fourth-order valence-electron chi connectivity index (χ4n) is 1.43. The molecule has 0 atom stereocenters. The Balaban J connectivity index is 2.78. The van der Waals surface area contributed by atoms with Crippen LogP contribution in [-0.4, -0.2) is 24.5 Å². The van der Waals surface area contributed by atoms with Gasteiger partial charge in [-0.3, -0.25) is 9.59 Å². The summed E-state index contributed by atoms with van der Waals surface area (Å²) in [5.74, 6) is -2.33. The highest BCUT2D eigenvalue weighted by Gasteiger charge is 2.38. The lowest BCUT2D eigenvalue weighted by Crippen LogP contribution is -2.30. The zero-order valence-electron chi connectivity index (χ0n) is 10.7. The predicted molar refractivity (Wildman–Crippen MR) is 68.2 cm³/mol. The normalized spacial score (nSPS) is 11.1. The molecule has 0 aliphatic carbocycles. The maximum Gasteiger partial charge on any atom is 0.471 e. The van der Waals surface area contributed by atoms with Crippen LogP contribution in [0.2, 0.25) is 0 Å². The van der Waals surface area contributed by atoms with Gasteiger partial charge >= 0.3 is 12.1 Å². The van der Waals surface area contributed by atoms with Gasteiger partial charge in [-0.1, -0.05) is 0 Å². The van der Waals surface area contributed by atoms with Gasteiger partial charge in [0.05, 0.1) is 0 Å². The number of amides is 2. The Labute approximate surface area is 113 Å². The molecule has 0 unspecified atom stereocenters. The van der Waals surface area contributed by atoms with Gasteiger partial charge in [0.2, 0.25) is 5.91 Å². The third kappa shape index (κ3) is 4.54. The fourth-order valence-corrected chi connectivity index (χ4v) is 1.43. The third-order valence-electron chi connectivity index (χ3n) is 2.39. The number of alkyl halides is 3. The average molecular weight is 289 g/mol. The van der Waals surface area contributed by atoms with Crippen molar-refractivity contribution < 1.29 is 22.8 Å². The van der Waals surface area contributed by atoms with Crippen LogP contribution in [0.25, 0.3) is 0 Å². The topological polar surface area (TPSA) is 84.2 Å². The van der Waals surface area contributed by atoms with E-state index in [1.807, 2.05) is 0 Å². The smallest absolute Gasteiger partial charge is 0.330 e. The molecule has 0 heterocycles. The summed E-state index contributed by atoms with van der Waals surface area (Å²) in [5.41, 5.74) is 6.07. The van der Waals surface area contributed by atoms with E-state index in [4.69, 9.17) is 5.73 Å². The molecule has 0 bridgehead atoms. The SMILES string of the molecule is Cc1cc(NC(=O)CCN)ccc1NC(=O)C(F)(F)F. The summed E-state index contributed by atoms with van der Waals surface area (Å²) in [5, 5.41) is 4.30. The second-order valence-corrected chi connectivity index (χ2v) is 4.07. The van der Waals surface area contributed by atoms with Gasteiger partial charge < -0.3 is 16.4 Å². The minimum Gasteiger partial charge on any atom is -0.330 e. The van der Waals surface area contributed by atoms with Crippen LogP contribution in [0.3, 0.4) is 0 Å². The summed E-state index contributed by atoms with van der Waals surface area (Å²) in [4.78, 5) is 22.1. The molecule has 0 aliphatic heterocycles. The Kier molecular flexibility index (Phi) is 5.09. The van der Waals surface area contributed by atoms with Crippen LogP contribution in [0.15, 0.2) is 18.2 Å². The molecular weight excluding hydrogens is 275 g/mol. The molecule has 0 radical (unpaired) electrons. The molecule has 110 valence electrons. The molecule has 0 aliphatic rings. The van der Waals surface area contributed by atoms with Crippen LogP contribution in [-0.2, 0) is 9.59 Å². The molecule has 0 saturated heterocycles. The van der Waals surface area contributed by atoms with E-state index in [9.17, 15) is 22.8 Å². The van der Waals surface area contributed by atoms with Gasteiger partial charge in [0, 0.05) is 24.3 Å². The van der Waals surface area contributed by atoms with Crippen molar-refractivity contribution in [1.82, 2.24) is 0 Å². The molecule has 4 N–H and O–H groups in total. The van der Waals surface area contributed by atoms with Crippen LogP contribution < -0.4 is 16.4 Å². The van der Waals surface area contributed by atoms with Crippen LogP contribution in [0.5, 0.6) is 0 Å². The lowest BCUT2D eigenvalue weighted by Gasteiger charge is -2.12. The number of rotatable bonds is 4. The van der Waals surface area contributed by atoms with Gasteiger partial charge in [0.25, 0.3) is 0 Å². The first-order chi connectivity index (χ1) is 9.24. The van der Waals surface area contributed by atoms with Crippen molar-refractivity contribution in [3.63, 3.8) is 0 Å². The Morgan fingerprint density at radius 3 is 2.40 bits per heavy atom. The molecule has 1 aromatic carbocycles. The molecule has 5 nitrogen and oxygen atoms in total. The van der Waals surface area contributed by atoms with E-state index in [0.29, 0.717) is 11.3 Å². The molecule has 0 spiro atoms. The minimum atomic E-state index is -4.94. The molecular formula is C12H14F3N3O2. The largest absolute Gasteiger partial charge is 0.471 e. The maximum atomic E-state index is 12.1. The predicted octanol–water partition coefficient (Wildman–Crippen LogP) is 1.78. The zero-order valence-corrected chi connectivity index (χ0v) is 10.7. The number of benzene rings is 1. The number of hydrogen-bond acceptors (Lipinski definition) is 3. The number of carbonyl (C=O) groups excluding carboxylic acids is 2. The summed E-state index contributed by atoms with van der Waals surface area (Å²) in [6.45, 7) is 1.72. The average Bonchev–Trinajstić information content (AvgIpc) is 2.31. The van der Waals surface area contributed by atoms with Gasteiger partial charge in [-0.05, 0) is 30.7 Å². The molecule has 20 heavy (non-hydrogen) atoms. The van der Waals surface area contributed by atoms with Gasteiger partial charge in [-0.25, -0.2) is 0 Å². The highest BCUT2D eigenvalue weighted by Crippen LogP contribution is 2.23. The maximum absolute atomic E-state index is 12.1. The van der Waals surface area contributed by atoms with E-state index >= 15 is 0 Å². The minimum absolute atomic E-state index is 0.0316. The van der Waals surface area contributed by atoms with Crippen LogP contribution in [0.4, 0.5) is 24.5 Å². The number of nitrogens with two attached hydrogens (primary N) is 1. The molecule has 2 amide bonds. The molecule has 1 rings (SSSR count). The zero-order chi connectivity index (χ0) is 15.3. The quantitative estimate of drug-likeness (QED) is 0.790. The molecule has 0 aromatic heterocycles. The van der Waals surface area contributed by atoms with Crippen molar-refractivity contribution in [2.75, 3.05) is 17.2 Å². The van der Waals surface area contributed by atoms with Crippen molar-refractivity contribution in [3.05, 3.63) is 23.8 Å². The first-order valence-electron chi connectivity index (χ1n) is 5.73. The number of hydrogen-bond donors (Lipinski definition) is 3. The van der Waals surface area contributed by atoms with Gasteiger partial charge in [0.15, 0.2) is 0 Å². The first kappa shape index (κ1) is 16.0. The van der Waals surface area contributed by atoms with Crippen molar-refractivity contribution in [3.8, 4) is 0 Å². The first-order valence-corrected chi connectivity index (χ1v) is 5.73. The molecule has 8 heteroatoms. The Bertz CT molecular complexity index is 515. The summed E-state index contributed by atoms with van der Waals surface area (Å²) in [7, 11) is 0. The van der Waals surface area contributed by atoms with E-state index in [2.05, 4.69) is 5.32 Å². The molecule has 0 saturated carbocycles. The van der Waals surface area contributed by atoms with Gasteiger partial charge in [-0.2, -0.15) is 13.2 Å². The number of nitrogens with one attached hydrogen (secondary N) is 2. The van der Waals surface area contributed by atoms with Crippen LogP contribution in [0.1, 0.15) is 12.0 Å². The second kappa shape index (κ2) is 6.38. The Hall–Kier alpha value is -2.09. The Morgan fingerprint density at radius 1 is 1.25 bits per heavy atom. The second-order valence-electron chi connectivity index (χ2n) is 4.07. The van der Waals surface area contributed by atoms with Crippen molar-refractivity contribution in [2.45, 2.75) is 19.5 Å². The summed E-state index contributed by atoms with van der Waals surface area (Å²) < 4.78 is 36.4. The lowest BCUT2D eigenvalue weighted by atomic mass is 10.1.